The fourth-order valence-electron chi connectivity index (χ4n) is 3.35. The first kappa shape index (κ1) is 20.0. The van der Waals surface area contributed by atoms with Crippen LogP contribution in [-0.4, -0.2) is 27.1 Å². The molecule has 1 aliphatic rings. The largest absolute Gasteiger partial charge is 0.494 e. The molecule has 2 N–H and O–H groups in total. The second kappa shape index (κ2) is 8.95. The van der Waals surface area contributed by atoms with E-state index in [1.807, 2.05) is 31.2 Å². The number of rotatable bonds is 7. The third-order valence-corrected chi connectivity index (χ3v) is 6.47. The highest BCUT2D eigenvalue weighted by Gasteiger charge is 2.29. The Labute approximate surface area is 166 Å². The number of benzene rings is 2. The Kier molecular flexibility index (Phi) is 6.63. The van der Waals surface area contributed by atoms with Gasteiger partial charge in [-0.1, -0.05) is 24.4 Å². The van der Waals surface area contributed by atoms with E-state index in [-0.39, 0.29) is 17.0 Å². The van der Waals surface area contributed by atoms with Gasteiger partial charge in [0.2, 0.25) is 10.0 Å². The highest BCUT2D eigenvalue weighted by molar-refractivity contribution is 7.89. The summed E-state index contributed by atoms with van der Waals surface area (Å²) < 4.78 is 33.8. The highest BCUT2D eigenvalue weighted by Crippen LogP contribution is 2.25. The molecule has 0 bridgehead atoms. The predicted octanol–water partition coefficient (Wildman–Crippen LogP) is 4.44. The molecule has 2 unspecified atom stereocenters. The van der Waals surface area contributed by atoms with Crippen molar-refractivity contribution in [3.05, 3.63) is 53.6 Å². The first-order chi connectivity index (χ1) is 13.0. The summed E-state index contributed by atoms with van der Waals surface area (Å²) in [4.78, 5) is 0.234. The van der Waals surface area contributed by atoms with Crippen molar-refractivity contribution >= 4 is 27.3 Å². The summed E-state index contributed by atoms with van der Waals surface area (Å²) >= 11 is 5.86. The standard InChI is InChI=1S/C20H25ClN2O3S/c1-2-26-17-11-9-16(10-12-17)22-19-5-3-4-6-20(19)23-27(24,25)18-13-7-15(21)8-14-18/h7-14,19-20,22-23H,2-6H2,1H3. The summed E-state index contributed by atoms with van der Waals surface area (Å²) in [7, 11) is -3.58. The third-order valence-electron chi connectivity index (χ3n) is 4.71. The lowest BCUT2D eigenvalue weighted by Gasteiger charge is -2.33. The summed E-state index contributed by atoms with van der Waals surface area (Å²) in [5.41, 5.74) is 0.959. The minimum absolute atomic E-state index is 0.0405. The van der Waals surface area contributed by atoms with E-state index in [4.69, 9.17) is 16.3 Å². The van der Waals surface area contributed by atoms with Crippen LogP contribution in [0.15, 0.2) is 53.4 Å². The maximum absolute atomic E-state index is 12.7. The van der Waals surface area contributed by atoms with Crippen LogP contribution in [0.5, 0.6) is 5.75 Å². The zero-order valence-electron chi connectivity index (χ0n) is 15.3. The van der Waals surface area contributed by atoms with Gasteiger partial charge < -0.3 is 10.1 Å². The zero-order chi connectivity index (χ0) is 19.3. The summed E-state index contributed by atoms with van der Waals surface area (Å²) in [6.07, 6.45) is 3.81. The molecule has 0 radical (unpaired) electrons. The molecular weight excluding hydrogens is 384 g/mol. The molecule has 0 amide bonds. The summed E-state index contributed by atoms with van der Waals surface area (Å²) in [6.45, 7) is 2.58. The Morgan fingerprint density at radius 1 is 1.00 bits per heavy atom. The summed E-state index contributed by atoms with van der Waals surface area (Å²) in [5, 5.41) is 4.00. The molecule has 0 heterocycles. The number of nitrogens with one attached hydrogen (secondary N) is 2. The van der Waals surface area contributed by atoms with E-state index in [2.05, 4.69) is 10.0 Å². The van der Waals surface area contributed by atoms with Crippen LogP contribution < -0.4 is 14.8 Å². The molecule has 7 heteroatoms. The van der Waals surface area contributed by atoms with Gasteiger partial charge >= 0.3 is 0 Å². The second-order valence-electron chi connectivity index (χ2n) is 6.67. The molecule has 0 aliphatic heterocycles. The lowest BCUT2D eigenvalue weighted by molar-refractivity contribution is 0.340. The molecule has 0 spiro atoms. The number of ether oxygens (including phenoxy) is 1. The van der Waals surface area contributed by atoms with Gasteiger partial charge in [-0.2, -0.15) is 0 Å². The average molecular weight is 409 g/mol. The molecule has 2 aromatic rings. The summed E-state index contributed by atoms with van der Waals surface area (Å²) in [6, 6.07) is 13.9. The smallest absolute Gasteiger partial charge is 0.240 e. The van der Waals surface area contributed by atoms with E-state index in [0.717, 1.165) is 37.1 Å². The first-order valence-corrected chi connectivity index (χ1v) is 11.1. The van der Waals surface area contributed by atoms with Gasteiger partial charge in [0, 0.05) is 22.8 Å². The molecule has 1 aliphatic carbocycles. The number of anilines is 1. The molecule has 2 atom stereocenters. The van der Waals surface area contributed by atoms with Gasteiger partial charge in [0.15, 0.2) is 0 Å². The van der Waals surface area contributed by atoms with Gasteiger partial charge in [-0.25, -0.2) is 13.1 Å². The van der Waals surface area contributed by atoms with E-state index in [9.17, 15) is 8.42 Å². The van der Waals surface area contributed by atoms with Crippen LogP contribution in [0.2, 0.25) is 5.02 Å². The molecule has 5 nitrogen and oxygen atoms in total. The maximum atomic E-state index is 12.7. The maximum Gasteiger partial charge on any atom is 0.240 e. The molecule has 2 aromatic carbocycles. The Morgan fingerprint density at radius 3 is 2.26 bits per heavy atom. The molecule has 1 fully saturated rings. The quantitative estimate of drug-likeness (QED) is 0.710. The van der Waals surface area contributed by atoms with E-state index in [1.54, 1.807) is 12.1 Å². The molecule has 146 valence electrons. The van der Waals surface area contributed by atoms with E-state index >= 15 is 0 Å². The van der Waals surface area contributed by atoms with Crippen LogP contribution in [0.25, 0.3) is 0 Å². The van der Waals surface area contributed by atoms with Gasteiger partial charge in [0.1, 0.15) is 5.75 Å². The van der Waals surface area contributed by atoms with Crippen molar-refractivity contribution in [2.24, 2.45) is 0 Å². The second-order valence-corrected chi connectivity index (χ2v) is 8.82. The van der Waals surface area contributed by atoms with Crippen molar-refractivity contribution < 1.29 is 13.2 Å². The summed E-state index contributed by atoms with van der Waals surface area (Å²) in [5.74, 6) is 0.826. The van der Waals surface area contributed by atoms with Crippen molar-refractivity contribution in [2.45, 2.75) is 49.6 Å². The highest BCUT2D eigenvalue weighted by atomic mass is 35.5. The minimum Gasteiger partial charge on any atom is -0.494 e. The topological polar surface area (TPSA) is 67.4 Å². The molecule has 0 aromatic heterocycles. The van der Waals surface area contributed by atoms with Crippen molar-refractivity contribution in [2.75, 3.05) is 11.9 Å². The van der Waals surface area contributed by atoms with Crippen LogP contribution in [0.3, 0.4) is 0 Å². The molecule has 27 heavy (non-hydrogen) atoms. The van der Waals surface area contributed by atoms with Crippen LogP contribution in [0.4, 0.5) is 5.69 Å². The Hall–Kier alpha value is -1.76. The van der Waals surface area contributed by atoms with Crippen molar-refractivity contribution in [3.63, 3.8) is 0 Å². The van der Waals surface area contributed by atoms with Crippen LogP contribution in [0.1, 0.15) is 32.6 Å². The van der Waals surface area contributed by atoms with Crippen molar-refractivity contribution in [1.29, 1.82) is 0 Å². The SMILES string of the molecule is CCOc1ccc(NC2CCCCC2NS(=O)(=O)c2ccc(Cl)cc2)cc1. The molecule has 1 saturated carbocycles. The number of halogens is 1. The molecule has 0 saturated heterocycles. The van der Waals surface area contributed by atoms with Gasteiger partial charge in [-0.3, -0.25) is 0 Å². The lowest BCUT2D eigenvalue weighted by Crippen LogP contribution is -2.48. The van der Waals surface area contributed by atoms with Gasteiger partial charge in [0.05, 0.1) is 11.5 Å². The monoisotopic (exact) mass is 408 g/mol. The fourth-order valence-corrected chi connectivity index (χ4v) is 4.79. The predicted molar refractivity (Wildman–Crippen MR) is 109 cm³/mol. The third kappa shape index (κ3) is 5.37. The van der Waals surface area contributed by atoms with Crippen LogP contribution in [0, 0.1) is 0 Å². The zero-order valence-corrected chi connectivity index (χ0v) is 16.9. The fraction of sp³-hybridized carbons (Fsp3) is 0.400. The van der Waals surface area contributed by atoms with Crippen molar-refractivity contribution in [1.82, 2.24) is 4.72 Å². The Balaban J connectivity index is 1.70. The Bertz CT molecular complexity index is 839. The minimum atomic E-state index is -3.58. The van der Waals surface area contributed by atoms with Crippen LogP contribution in [-0.2, 0) is 10.0 Å². The number of hydrogen-bond acceptors (Lipinski definition) is 4. The number of hydrogen-bond donors (Lipinski definition) is 2. The molecular formula is C20H25ClN2O3S. The lowest BCUT2D eigenvalue weighted by atomic mass is 9.91. The normalized spacial score (nSPS) is 20.2. The average Bonchev–Trinajstić information content (AvgIpc) is 2.65. The van der Waals surface area contributed by atoms with Crippen molar-refractivity contribution in [3.8, 4) is 5.75 Å². The van der Waals surface area contributed by atoms with E-state index in [1.165, 1.54) is 12.1 Å². The van der Waals surface area contributed by atoms with E-state index < -0.39 is 10.0 Å². The van der Waals surface area contributed by atoms with Gasteiger partial charge in [-0.05, 0) is 68.3 Å². The van der Waals surface area contributed by atoms with Gasteiger partial charge in [-0.15, -0.1) is 0 Å². The molecule has 3 rings (SSSR count). The number of sulfonamides is 1. The van der Waals surface area contributed by atoms with E-state index in [0.29, 0.717) is 11.6 Å². The van der Waals surface area contributed by atoms with Gasteiger partial charge in [0.25, 0.3) is 0 Å². The Morgan fingerprint density at radius 2 is 1.63 bits per heavy atom. The first-order valence-electron chi connectivity index (χ1n) is 9.25. The van der Waals surface area contributed by atoms with Crippen LogP contribution >= 0.6 is 11.6 Å².